The predicted octanol–water partition coefficient (Wildman–Crippen LogP) is 3.53. The molecule has 3 heterocycles. The van der Waals surface area contributed by atoms with Gasteiger partial charge in [-0.1, -0.05) is 18.2 Å². The maximum Gasteiger partial charge on any atom is 0.228 e. The number of aryl methyl sites for hydroxylation is 1. The number of rotatable bonds is 4. The summed E-state index contributed by atoms with van der Waals surface area (Å²) in [6.45, 7) is 0. The van der Waals surface area contributed by atoms with Crippen LogP contribution in [0.25, 0.3) is 11.1 Å². The highest BCUT2D eigenvalue weighted by atomic mass is 16.1. The Morgan fingerprint density at radius 3 is 2.91 bits per heavy atom. The van der Waals surface area contributed by atoms with Crippen molar-refractivity contribution in [3.63, 3.8) is 0 Å². The quantitative estimate of drug-likeness (QED) is 0.939. The molecule has 1 aromatic carbocycles. The number of amides is 1. The molecule has 114 valence electrons. The van der Waals surface area contributed by atoms with Gasteiger partial charge in [0.1, 0.15) is 0 Å². The Hall–Kier alpha value is -2.75. The third kappa shape index (κ3) is 2.93. The van der Waals surface area contributed by atoms with Crippen molar-refractivity contribution in [2.24, 2.45) is 4.99 Å². The Morgan fingerprint density at radius 2 is 2.04 bits per heavy atom. The Morgan fingerprint density at radius 1 is 1.09 bits per heavy atom. The zero-order valence-electron chi connectivity index (χ0n) is 12.7. The molecule has 0 saturated heterocycles. The van der Waals surface area contributed by atoms with Gasteiger partial charge in [-0.3, -0.25) is 14.8 Å². The summed E-state index contributed by atoms with van der Waals surface area (Å²) in [6.07, 6.45) is 11.2. The topological polar surface area (TPSA) is 54.4 Å². The molecule has 0 radical (unpaired) electrons. The zero-order chi connectivity index (χ0) is 15.6. The number of allylic oxidation sites excluding steroid dienone is 2. The summed E-state index contributed by atoms with van der Waals surface area (Å²) in [5, 5.41) is 2.90. The fourth-order valence-corrected chi connectivity index (χ4v) is 3.03. The molecule has 0 atom stereocenters. The monoisotopic (exact) mass is 303 g/mol. The smallest absolute Gasteiger partial charge is 0.228 e. The number of carbonyl (C=O) groups excluding carboxylic acids is 1. The van der Waals surface area contributed by atoms with Gasteiger partial charge in [0.25, 0.3) is 0 Å². The normalized spacial score (nSPS) is 15.5. The first kappa shape index (κ1) is 13.9. The molecule has 2 aromatic rings. The number of hydrogen-bond acceptors (Lipinski definition) is 3. The predicted molar refractivity (Wildman–Crippen MR) is 91.5 cm³/mol. The Balaban J connectivity index is 1.55. The van der Waals surface area contributed by atoms with Crippen LogP contribution in [0.5, 0.6) is 0 Å². The van der Waals surface area contributed by atoms with E-state index in [1.54, 1.807) is 0 Å². The summed E-state index contributed by atoms with van der Waals surface area (Å²) >= 11 is 0. The Bertz CT molecular complexity index is 836. The van der Waals surface area contributed by atoms with Crippen molar-refractivity contribution in [3.05, 3.63) is 59.6 Å². The summed E-state index contributed by atoms with van der Waals surface area (Å²) in [6, 6.07) is 8.28. The Kier molecular flexibility index (Phi) is 3.50. The molecule has 1 aromatic heterocycles. The maximum absolute atomic E-state index is 11.5. The third-order valence-electron chi connectivity index (χ3n) is 4.25. The number of anilines is 1. The van der Waals surface area contributed by atoms with Crippen LogP contribution in [0.3, 0.4) is 0 Å². The van der Waals surface area contributed by atoms with Crippen molar-refractivity contribution in [1.82, 2.24) is 4.98 Å². The summed E-state index contributed by atoms with van der Waals surface area (Å²) in [4.78, 5) is 20.2. The van der Waals surface area contributed by atoms with E-state index in [-0.39, 0.29) is 5.91 Å². The molecular formula is C19H17N3O. The van der Waals surface area contributed by atoms with Crippen LogP contribution in [0.4, 0.5) is 5.69 Å². The molecule has 4 rings (SSSR count). The lowest BCUT2D eigenvalue weighted by atomic mass is 10.0. The van der Waals surface area contributed by atoms with E-state index >= 15 is 0 Å². The van der Waals surface area contributed by atoms with Gasteiger partial charge in [0.15, 0.2) is 0 Å². The first-order valence-corrected chi connectivity index (χ1v) is 7.86. The van der Waals surface area contributed by atoms with E-state index in [1.165, 1.54) is 5.56 Å². The van der Waals surface area contributed by atoms with Gasteiger partial charge in [-0.05, 0) is 41.7 Å². The van der Waals surface area contributed by atoms with E-state index in [2.05, 4.69) is 33.5 Å². The zero-order valence-corrected chi connectivity index (χ0v) is 12.7. The molecule has 0 spiro atoms. The minimum atomic E-state index is 0.0643. The number of hydrogen-bond donors (Lipinski definition) is 1. The van der Waals surface area contributed by atoms with Crippen molar-refractivity contribution in [1.29, 1.82) is 0 Å². The molecule has 2 aliphatic heterocycles. The van der Waals surface area contributed by atoms with Crippen molar-refractivity contribution in [2.45, 2.75) is 25.7 Å². The highest BCUT2D eigenvalue weighted by molar-refractivity contribution is 5.99. The van der Waals surface area contributed by atoms with Gasteiger partial charge < -0.3 is 5.32 Å². The number of pyridine rings is 1. The van der Waals surface area contributed by atoms with Crippen LogP contribution >= 0.6 is 0 Å². The second-order valence-corrected chi connectivity index (χ2v) is 5.92. The van der Waals surface area contributed by atoms with Crippen LogP contribution in [-0.2, 0) is 17.6 Å². The molecule has 1 amide bonds. The van der Waals surface area contributed by atoms with Crippen LogP contribution in [0.15, 0.2) is 53.4 Å². The minimum absolute atomic E-state index is 0.0643. The standard InChI is InChI=1S/C19H17N3O/c23-19-10-15-5-4-14(9-18(15)22-19)16-8-13(11-20-12-16)3-6-17-2-1-7-21-17/h2,4-5,7-9,11-12H,1,3,6,10H2,(H,22,23). The summed E-state index contributed by atoms with van der Waals surface area (Å²) in [7, 11) is 0. The number of benzene rings is 1. The molecule has 0 bridgehead atoms. The van der Waals surface area contributed by atoms with Crippen molar-refractivity contribution < 1.29 is 4.79 Å². The molecule has 0 fully saturated rings. The third-order valence-corrected chi connectivity index (χ3v) is 4.25. The largest absolute Gasteiger partial charge is 0.326 e. The van der Waals surface area contributed by atoms with Crippen LogP contribution < -0.4 is 5.32 Å². The molecule has 0 unspecified atom stereocenters. The fourth-order valence-electron chi connectivity index (χ4n) is 3.03. The molecule has 0 saturated carbocycles. The van der Waals surface area contributed by atoms with E-state index in [9.17, 15) is 4.79 Å². The number of aromatic nitrogens is 1. The SMILES string of the molecule is O=C1Cc2ccc(-c3cncc(CCC4=CCC=N4)c3)cc2N1. The molecule has 23 heavy (non-hydrogen) atoms. The average Bonchev–Trinajstić information content (AvgIpc) is 3.20. The molecule has 4 heteroatoms. The van der Waals surface area contributed by atoms with Gasteiger partial charge >= 0.3 is 0 Å². The van der Waals surface area contributed by atoms with Gasteiger partial charge in [0.2, 0.25) is 5.91 Å². The van der Waals surface area contributed by atoms with E-state index in [0.29, 0.717) is 6.42 Å². The molecule has 0 aliphatic carbocycles. The highest BCUT2D eigenvalue weighted by Gasteiger charge is 2.17. The van der Waals surface area contributed by atoms with Crippen LogP contribution in [0.2, 0.25) is 0 Å². The van der Waals surface area contributed by atoms with Crippen molar-refractivity contribution in [3.8, 4) is 11.1 Å². The second-order valence-electron chi connectivity index (χ2n) is 5.92. The van der Waals surface area contributed by atoms with Gasteiger partial charge in [-0.15, -0.1) is 0 Å². The molecular weight excluding hydrogens is 286 g/mol. The second kappa shape index (κ2) is 5.80. The molecule has 4 nitrogen and oxygen atoms in total. The van der Waals surface area contributed by atoms with Crippen LogP contribution in [0, 0.1) is 0 Å². The van der Waals surface area contributed by atoms with E-state index in [4.69, 9.17) is 0 Å². The number of nitrogens with one attached hydrogen (secondary N) is 1. The first-order chi connectivity index (χ1) is 11.3. The van der Waals surface area contributed by atoms with E-state index in [1.807, 2.05) is 30.7 Å². The van der Waals surface area contributed by atoms with Crippen LogP contribution in [-0.4, -0.2) is 17.1 Å². The summed E-state index contributed by atoms with van der Waals surface area (Å²) in [5.74, 6) is 0.0643. The van der Waals surface area contributed by atoms with Gasteiger partial charge in [-0.2, -0.15) is 0 Å². The summed E-state index contributed by atoms with van der Waals surface area (Å²) < 4.78 is 0. The minimum Gasteiger partial charge on any atom is -0.326 e. The lowest BCUT2D eigenvalue weighted by Gasteiger charge is -2.07. The fraction of sp³-hybridized carbons (Fsp3) is 0.211. The highest BCUT2D eigenvalue weighted by Crippen LogP contribution is 2.29. The van der Waals surface area contributed by atoms with Crippen molar-refractivity contribution in [2.75, 3.05) is 5.32 Å². The number of nitrogens with zero attached hydrogens (tertiary/aromatic N) is 2. The van der Waals surface area contributed by atoms with Gasteiger partial charge in [0.05, 0.1) is 6.42 Å². The number of aliphatic imine (C=N–C) groups is 1. The van der Waals surface area contributed by atoms with Crippen LogP contribution in [0.1, 0.15) is 24.0 Å². The van der Waals surface area contributed by atoms with Gasteiger partial charge in [0, 0.05) is 42.0 Å². The van der Waals surface area contributed by atoms with E-state index in [0.717, 1.165) is 47.3 Å². The lowest BCUT2D eigenvalue weighted by Crippen LogP contribution is -2.03. The van der Waals surface area contributed by atoms with Gasteiger partial charge in [-0.25, -0.2) is 0 Å². The maximum atomic E-state index is 11.5. The number of carbonyl (C=O) groups is 1. The molecule has 2 aliphatic rings. The summed E-state index contributed by atoms with van der Waals surface area (Å²) in [5.41, 5.74) is 6.51. The number of fused-ring (bicyclic) bond motifs is 1. The Labute approximate surface area is 135 Å². The lowest BCUT2D eigenvalue weighted by molar-refractivity contribution is -0.115. The molecule has 1 N–H and O–H groups in total. The van der Waals surface area contributed by atoms with E-state index < -0.39 is 0 Å². The average molecular weight is 303 g/mol. The first-order valence-electron chi connectivity index (χ1n) is 7.86. The van der Waals surface area contributed by atoms with Crippen molar-refractivity contribution >= 4 is 17.8 Å².